The second kappa shape index (κ2) is 7.83. The maximum absolute atomic E-state index is 12.3. The Bertz CT molecular complexity index is 560. The van der Waals surface area contributed by atoms with E-state index >= 15 is 0 Å². The summed E-state index contributed by atoms with van der Waals surface area (Å²) in [7, 11) is 1.79. The van der Waals surface area contributed by atoms with E-state index in [0.717, 1.165) is 43.7 Å². The Kier molecular flexibility index (Phi) is 5.56. The molecular formula is C18H28N4O2. The molecule has 2 amide bonds. The van der Waals surface area contributed by atoms with Crippen LogP contribution in [0.15, 0.2) is 18.3 Å². The molecule has 2 atom stereocenters. The maximum atomic E-state index is 12.3. The highest BCUT2D eigenvalue weighted by molar-refractivity contribution is 5.73. The van der Waals surface area contributed by atoms with Gasteiger partial charge in [-0.1, -0.05) is 6.42 Å². The van der Waals surface area contributed by atoms with E-state index in [4.69, 9.17) is 0 Å². The first-order chi connectivity index (χ1) is 11.6. The van der Waals surface area contributed by atoms with E-state index in [2.05, 4.69) is 21.3 Å². The third-order valence-corrected chi connectivity index (χ3v) is 5.16. The molecule has 2 N–H and O–H groups in total. The van der Waals surface area contributed by atoms with Crippen molar-refractivity contribution in [2.24, 2.45) is 5.92 Å². The number of aliphatic hydroxyl groups excluding tert-OH is 1. The summed E-state index contributed by atoms with van der Waals surface area (Å²) in [6, 6.07) is 3.92. The molecule has 0 bridgehead atoms. The zero-order valence-corrected chi connectivity index (χ0v) is 14.4. The fraction of sp³-hybridized carbons (Fsp3) is 0.667. The Balaban J connectivity index is 1.49. The summed E-state index contributed by atoms with van der Waals surface area (Å²) >= 11 is 0. The van der Waals surface area contributed by atoms with Crippen molar-refractivity contribution in [2.75, 3.05) is 31.6 Å². The van der Waals surface area contributed by atoms with Crippen LogP contribution < -0.4 is 10.2 Å². The number of urea groups is 1. The molecule has 1 saturated heterocycles. The second-order valence-electron chi connectivity index (χ2n) is 7.01. The Morgan fingerprint density at radius 3 is 2.88 bits per heavy atom. The lowest BCUT2D eigenvalue weighted by Gasteiger charge is -2.23. The van der Waals surface area contributed by atoms with Gasteiger partial charge in [-0.05, 0) is 43.4 Å². The summed E-state index contributed by atoms with van der Waals surface area (Å²) in [5.74, 6) is 1.21. The van der Waals surface area contributed by atoms with E-state index in [9.17, 15) is 9.90 Å². The van der Waals surface area contributed by atoms with E-state index in [1.807, 2.05) is 12.3 Å². The van der Waals surface area contributed by atoms with Gasteiger partial charge in [0.15, 0.2) is 0 Å². The van der Waals surface area contributed by atoms with E-state index in [1.165, 1.54) is 12.8 Å². The molecule has 2 fully saturated rings. The lowest BCUT2D eigenvalue weighted by Crippen LogP contribution is -2.40. The van der Waals surface area contributed by atoms with Crippen LogP contribution in [0.1, 0.15) is 37.7 Å². The maximum Gasteiger partial charge on any atom is 0.317 e. The summed E-state index contributed by atoms with van der Waals surface area (Å²) in [6.07, 6.45) is 6.91. The van der Waals surface area contributed by atoms with Crippen LogP contribution in [0.5, 0.6) is 0 Å². The van der Waals surface area contributed by atoms with Gasteiger partial charge in [0.05, 0.1) is 6.10 Å². The molecule has 6 nitrogen and oxygen atoms in total. The zero-order chi connectivity index (χ0) is 16.9. The number of nitrogens with one attached hydrogen (secondary N) is 1. The average Bonchev–Trinajstić information content (AvgIpc) is 3.25. The van der Waals surface area contributed by atoms with E-state index < -0.39 is 0 Å². The SMILES string of the molecule is CN(CC1CCCC1O)C(=O)NCc1ccnc(N2CCCC2)c1. The van der Waals surface area contributed by atoms with Gasteiger partial charge in [-0.3, -0.25) is 0 Å². The first-order valence-electron chi connectivity index (χ1n) is 9.00. The summed E-state index contributed by atoms with van der Waals surface area (Å²) in [5, 5.41) is 12.9. The molecule has 24 heavy (non-hydrogen) atoms. The summed E-state index contributed by atoms with van der Waals surface area (Å²) in [5.41, 5.74) is 1.06. The fourth-order valence-corrected chi connectivity index (χ4v) is 3.67. The van der Waals surface area contributed by atoms with Crippen LogP contribution in [0.4, 0.5) is 10.6 Å². The van der Waals surface area contributed by atoms with Gasteiger partial charge in [0.25, 0.3) is 0 Å². The molecule has 2 heterocycles. The van der Waals surface area contributed by atoms with Crippen LogP contribution in [-0.2, 0) is 6.54 Å². The van der Waals surface area contributed by atoms with Gasteiger partial charge in [-0.2, -0.15) is 0 Å². The monoisotopic (exact) mass is 332 g/mol. The number of carbonyl (C=O) groups is 1. The van der Waals surface area contributed by atoms with Crippen LogP contribution in [0.3, 0.4) is 0 Å². The summed E-state index contributed by atoms with van der Waals surface area (Å²) < 4.78 is 0. The minimum atomic E-state index is -0.261. The third kappa shape index (κ3) is 4.17. The van der Waals surface area contributed by atoms with Gasteiger partial charge in [0, 0.05) is 45.3 Å². The Labute approximate surface area is 143 Å². The van der Waals surface area contributed by atoms with Crippen LogP contribution in [-0.4, -0.2) is 53.8 Å². The zero-order valence-electron chi connectivity index (χ0n) is 14.4. The van der Waals surface area contributed by atoms with Crippen LogP contribution in [0, 0.1) is 5.92 Å². The topological polar surface area (TPSA) is 68.7 Å². The molecule has 1 aliphatic carbocycles. The smallest absolute Gasteiger partial charge is 0.317 e. The molecule has 1 aliphatic heterocycles. The molecule has 2 aliphatic rings. The fourth-order valence-electron chi connectivity index (χ4n) is 3.67. The van der Waals surface area contributed by atoms with Crippen LogP contribution in [0.2, 0.25) is 0 Å². The molecule has 0 aromatic carbocycles. The average molecular weight is 332 g/mol. The van der Waals surface area contributed by atoms with Crippen molar-refractivity contribution in [1.29, 1.82) is 0 Å². The largest absolute Gasteiger partial charge is 0.393 e. The van der Waals surface area contributed by atoms with Gasteiger partial charge in [0.2, 0.25) is 0 Å². The first kappa shape index (κ1) is 17.0. The summed E-state index contributed by atoms with van der Waals surface area (Å²) in [4.78, 5) is 20.7. The molecule has 132 valence electrons. The Morgan fingerprint density at radius 1 is 1.38 bits per heavy atom. The van der Waals surface area contributed by atoms with Gasteiger partial charge < -0.3 is 20.2 Å². The highest BCUT2D eigenvalue weighted by Gasteiger charge is 2.27. The van der Waals surface area contributed by atoms with Gasteiger partial charge in [-0.25, -0.2) is 9.78 Å². The first-order valence-corrected chi connectivity index (χ1v) is 9.00. The minimum absolute atomic E-state index is 0.0892. The summed E-state index contributed by atoms with van der Waals surface area (Å²) in [6.45, 7) is 3.24. The lowest BCUT2D eigenvalue weighted by molar-refractivity contribution is 0.114. The lowest BCUT2D eigenvalue weighted by atomic mass is 10.1. The Hall–Kier alpha value is -1.82. The normalized spacial score (nSPS) is 23.5. The van der Waals surface area contributed by atoms with E-state index in [1.54, 1.807) is 11.9 Å². The predicted molar refractivity (Wildman–Crippen MR) is 93.9 cm³/mol. The molecule has 1 aromatic rings. The second-order valence-corrected chi connectivity index (χ2v) is 7.01. The number of anilines is 1. The van der Waals surface area contributed by atoms with Gasteiger partial charge >= 0.3 is 6.03 Å². The number of rotatable bonds is 5. The predicted octanol–water partition coefficient (Wildman–Crippen LogP) is 1.98. The number of hydrogen-bond donors (Lipinski definition) is 2. The highest BCUT2D eigenvalue weighted by atomic mass is 16.3. The molecular weight excluding hydrogens is 304 g/mol. The highest BCUT2D eigenvalue weighted by Crippen LogP contribution is 2.26. The van der Waals surface area contributed by atoms with Gasteiger partial charge in [-0.15, -0.1) is 0 Å². The molecule has 0 radical (unpaired) electrons. The van der Waals surface area contributed by atoms with Crippen LogP contribution in [0.25, 0.3) is 0 Å². The molecule has 1 saturated carbocycles. The number of pyridine rings is 1. The van der Waals surface area contributed by atoms with Crippen molar-refractivity contribution < 1.29 is 9.90 Å². The molecule has 2 unspecified atom stereocenters. The van der Waals surface area contributed by atoms with E-state index in [0.29, 0.717) is 13.1 Å². The Morgan fingerprint density at radius 2 is 2.17 bits per heavy atom. The number of aliphatic hydroxyl groups is 1. The quantitative estimate of drug-likeness (QED) is 0.865. The van der Waals surface area contributed by atoms with Crippen LogP contribution >= 0.6 is 0 Å². The minimum Gasteiger partial charge on any atom is -0.393 e. The molecule has 3 rings (SSSR count). The van der Waals surface area contributed by atoms with E-state index in [-0.39, 0.29) is 18.1 Å². The standard InChI is InChI=1S/C18H28N4O2/c1-21(13-15-5-4-6-16(15)23)18(24)20-12-14-7-8-19-17(11-14)22-9-2-3-10-22/h7-8,11,15-16,23H,2-6,9-10,12-13H2,1H3,(H,20,24). The van der Waals surface area contributed by atoms with Crippen molar-refractivity contribution >= 4 is 11.8 Å². The number of carbonyl (C=O) groups excluding carboxylic acids is 1. The number of aromatic nitrogens is 1. The van der Waals surface area contributed by atoms with Crippen molar-refractivity contribution in [3.05, 3.63) is 23.9 Å². The number of nitrogens with zero attached hydrogens (tertiary/aromatic N) is 3. The molecule has 1 aromatic heterocycles. The van der Waals surface area contributed by atoms with Crippen molar-refractivity contribution in [3.63, 3.8) is 0 Å². The third-order valence-electron chi connectivity index (χ3n) is 5.16. The van der Waals surface area contributed by atoms with Crippen molar-refractivity contribution in [1.82, 2.24) is 15.2 Å². The molecule has 0 spiro atoms. The van der Waals surface area contributed by atoms with Crippen molar-refractivity contribution in [3.8, 4) is 0 Å². The molecule has 6 heteroatoms. The number of amides is 2. The number of hydrogen-bond acceptors (Lipinski definition) is 4. The van der Waals surface area contributed by atoms with Crippen molar-refractivity contribution in [2.45, 2.75) is 44.8 Å². The van der Waals surface area contributed by atoms with Gasteiger partial charge in [0.1, 0.15) is 5.82 Å².